The zero-order valence-corrected chi connectivity index (χ0v) is 13.8. The van der Waals surface area contributed by atoms with Crippen molar-refractivity contribution in [2.75, 3.05) is 4.43 Å². The summed E-state index contributed by atoms with van der Waals surface area (Å²) in [5, 5.41) is 0. The highest BCUT2D eigenvalue weighted by Crippen LogP contribution is 2.33. The first-order chi connectivity index (χ1) is 9.06. The Labute approximate surface area is 130 Å². The Bertz CT molecular complexity index is 455. The van der Waals surface area contributed by atoms with Gasteiger partial charge >= 0.3 is 0 Å². The van der Waals surface area contributed by atoms with Crippen molar-refractivity contribution in [1.29, 1.82) is 0 Å². The predicted octanol–water partition coefficient (Wildman–Crippen LogP) is 4.64. The molecule has 0 saturated carbocycles. The van der Waals surface area contributed by atoms with Crippen molar-refractivity contribution in [3.63, 3.8) is 0 Å². The summed E-state index contributed by atoms with van der Waals surface area (Å²) < 4.78 is 7.21. The minimum Gasteiger partial charge on any atom is -0.370 e. The fraction of sp³-hybridized carbons (Fsp3) is 0.529. The van der Waals surface area contributed by atoms with E-state index in [1.165, 1.54) is 24.0 Å². The van der Waals surface area contributed by atoms with E-state index >= 15 is 0 Å². The standard InChI is InChI=1S/C17H21IO/c1-4-17(2,3)14-10-8-13(9-11-14)16-7-5-6-15(12-18)19-16/h1,8-11,15-16H,5-7,12H2,2-3H3. The van der Waals surface area contributed by atoms with E-state index in [2.05, 4.69) is 66.6 Å². The molecular formula is C17H21IO. The van der Waals surface area contributed by atoms with Crippen LogP contribution in [0.4, 0.5) is 0 Å². The highest BCUT2D eigenvalue weighted by atomic mass is 127. The first kappa shape index (κ1) is 14.9. The van der Waals surface area contributed by atoms with Gasteiger partial charge in [-0.25, -0.2) is 0 Å². The summed E-state index contributed by atoms with van der Waals surface area (Å²) in [6.45, 7) is 4.15. The first-order valence-electron chi connectivity index (χ1n) is 6.86. The number of alkyl halides is 1. The highest BCUT2D eigenvalue weighted by molar-refractivity contribution is 14.1. The third-order valence-electron chi connectivity index (χ3n) is 3.89. The van der Waals surface area contributed by atoms with Gasteiger partial charge in [0.2, 0.25) is 0 Å². The number of halogens is 1. The van der Waals surface area contributed by atoms with Crippen molar-refractivity contribution in [2.45, 2.75) is 50.7 Å². The SMILES string of the molecule is C#CC(C)(C)c1ccc(C2CCCC(CI)O2)cc1. The topological polar surface area (TPSA) is 9.23 Å². The molecule has 0 aromatic heterocycles. The maximum atomic E-state index is 6.13. The molecule has 1 aliphatic heterocycles. The van der Waals surface area contributed by atoms with E-state index in [1.54, 1.807) is 0 Å². The van der Waals surface area contributed by atoms with Gasteiger partial charge in [0, 0.05) is 4.43 Å². The second kappa shape index (κ2) is 6.28. The summed E-state index contributed by atoms with van der Waals surface area (Å²) in [4.78, 5) is 0. The van der Waals surface area contributed by atoms with Gasteiger partial charge in [-0.2, -0.15) is 0 Å². The lowest BCUT2D eigenvalue weighted by molar-refractivity contribution is -0.0375. The van der Waals surface area contributed by atoms with Gasteiger partial charge in [-0.05, 0) is 44.2 Å². The minimum atomic E-state index is -0.198. The monoisotopic (exact) mass is 368 g/mol. The number of benzene rings is 1. The molecule has 0 spiro atoms. The molecular weight excluding hydrogens is 347 g/mol. The van der Waals surface area contributed by atoms with Gasteiger partial charge in [-0.3, -0.25) is 0 Å². The fourth-order valence-electron chi connectivity index (χ4n) is 2.46. The molecule has 1 aromatic carbocycles. The molecule has 2 heteroatoms. The lowest BCUT2D eigenvalue weighted by Crippen LogP contribution is -2.23. The van der Waals surface area contributed by atoms with Crippen molar-refractivity contribution >= 4 is 22.6 Å². The van der Waals surface area contributed by atoms with Crippen LogP contribution >= 0.6 is 22.6 Å². The Morgan fingerprint density at radius 3 is 2.58 bits per heavy atom. The minimum absolute atomic E-state index is 0.198. The molecule has 0 bridgehead atoms. The average molecular weight is 368 g/mol. The van der Waals surface area contributed by atoms with E-state index < -0.39 is 0 Å². The Morgan fingerprint density at radius 1 is 1.32 bits per heavy atom. The molecule has 0 amide bonds. The number of hydrogen-bond donors (Lipinski definition) is 0. The zero-order chi connectivity index (χ0) is 13.9. The van der Waals surface area contributed by atoms with Crippen LogP contribution in [0, 0.1) is 12.3 Å². The van der Waals surface area contributed by atoms with Crippen LogP contribution in [0.2, 0.25) is 0 Å². The molecule has 1 fully saturated rings. The summed E-state index contributed by atoms with van der Waals surface area (Å²) in [5.41, 5.74) is 2.28. The molecule has 1 aliphatic rings. The number of terminal acetylenes is 1. The number of ether oxygens (including phenoxy) is 1. The molecule has 1 nitrogen and oxygen atoms in total. The van der Waals surface area contributed by atoms with Crippen molar-refractivity contribution in [3.05, 3.63) is 35.4 Å². The quantitative estimate of drug-likeness (QED) is 0.429. The van der Waals surface area contributed by atoms with Gasteiger partial charge < -0.3 is 4.74 Å². The summed E-state index contributed by atoms with van der Waals surface area (Å²) in [5.74, 6) is 2.84. The Morgan fingerprint density at radius 2 is 2.00 bits per heavy atom. The van der Waals surface area contributed by atoms with E-state index in [0.717, 1.165) is 10.8 Å². The van der Waals surface area contributed by atoms with E-state index in [0.29, 0.717) is 6.10 Å². The van der Waals surface area contributed by atoms with Crippen LogP contribution in [0.25, 0.3) is 0 Å². The molecule has 102 valence electrons. The van der Waals surface area contributed by atoms with Gasteiger partial charge in [-0.15, -0.1) is 6.42 Å². The van der Waals surface area contributed by atoms with Crippen molar-refractivity contribution in [1.82, 2.24) is 0 Å². The summed E-state index contributed by atoms with van der Waals surface area (Å²) in [6, 6.07) is 8.64. The molecule has 19 heavy (non-hydrogen) atoms. The smallest absolute Gasteiger partial charge is 0.0829 e. The second-order valence-corrected chi connectivity index (χ2v) is 6.60. The molecule has 0 radical (unpaired) electrons. The van der Waals surface area contributed by atoms with Crippen LogP contribution in [0.15, 0.2) is 24.3 Å². The van der Waals surface area contributed by atoms with Crippen LogP contribution in [-0.2, 0) is 10.2 Å². The molecule has 0 aliphatic carbocycles. The van der Waals surface area contributed by atoms with E-state index in [-0.39, 0.29) is 11.5 Å². The van der Waals surface area contributed by atoms with Crippen molar-refractivity contribution in [3.8, 4) is 12.3 Å². The van der Waals surface area contributed by atoms with Crippen LogP contribution in [0.5, 0.6) is 0 Å². The van der Waals surface area contributed by atoms with Crippen LogP contribution in [0.3, 0.4) is 0 Å². The number of hydrogen-bond acceptors (Lipinski definition) is 1. The molecule has 1 aromatic rings. The van der Waals surface area contributed by atoms with Crippen molar-refractivity contribution in [2.24, 2.45) is 0 Å². The maximum Gasteiger partial charge on any atom is 0.0829 e. The Kier molecular flexibility index (Phi) is 4.92. The van der Waals surface area contributed by atoms with Crippen LogP contribution in [-0.4, -0.2) is 10.5 Å². The molecule has 2 atom stereocenters. The lowest BCUT2D eigenvalue weighted by Gasteiger charge is -2.29. The molecule has 0 N–H and O–H groups in total. The predicted molar refractivity (Wildman–Crippen MR) is 88.7 cm³/mol. The van der Waals surface area contributed by atoms with Gasteiger partial charge in [-0.1, -0.05) is 52.8 Å². The first-order valence-corrected chi connectivity index (χ1v) is 8.39. The molecule has 1 saturated heterocycles. The third kappa shape index (κ3) is 3.52. The van der Waals surface area contributed by atoms with Gasteiger partial charge in [0.25, 0.3) is 0 Å². The fourth-order valence-corrected chi connectivity index (χ4v) is 3.10. The Hall–Kier alpha value is -0.530. The highest BCUT2D eigenvalue weighted by Gasteiger charge is 2.23. The Balaban J connectivity index is 2.13. The largest absolute Gasteiger partial charge is 0.370 e. The molecule has 1 heterocycles. The summed E-state index contributed by atoms with van der Waals surface area (Å²) in [7, 11) is 0. The van der Waals surface area contributed by atoms with Crippen molar-refractivity contribution < 1.29 is 4.74 Å². The lowest BCUT2D eigenvalue weighted by atomic mass is 9.85. The van der Waals surface area contributed by atoms with Gasteiger partial charge in [0.05, 0.1) is 17.6 Å². The summed E-state index contributed by atoms with van der Waals surface area (Å²) in [6.07, 6.45) is 9.84. The van der Waals surface area contributed by atoms with Crippen LogP contribution in [0.1, 0.15) is 50.3 Å². The van der Waals surface area contributed by atoms with E-state index in [1.807, 2.05) is 0 Å². The molecule has 2 unspecified atom stereocenters. The molecule has 2 rings (SSSR count). The summed E-state index contributed by atoms with van der Waals surface area (Å²) >= 11 is 2.41. The van der Waals surface area contributed by atoms with Gasteiger partial charge in [0.15, 0.2) is 0 Å². The average Bonchev–Trinajstić information content (AvgIpc) is 2.47. The zero-order valence-electron chi connectivity index (χ0n) is 11.7. The van der Waals surface area contributed by atoms with Gasteiger partial charge in [0.1, 0.15) is 0 Å². The van der Waals surface area contributed by atoms with E-state index in [4.69, 9.17) is 11.2 Å². The van der Waals surface area contributed by atoms with Crippen LogP contribution < -0.4 is 0 Å². The second-order valence-electron chi connectivity index (χ2n) is 5.72. The number of rotatable bonds is 3. The van der Waals surface area contributed by atoms with E-state index in [9.17, 15) is 0 Å². The maximum absolute atomic E-state index is 6.13. The third-order valence-corrected chi connectivity index (χ3v) is 4.87. The normalized spacial score (nSPS) is 23.9.